The molecule has 0 bridgehead atoms. The summed E-state index contributed by atoms with van der Waals surface area (Å²) >= 11 is 0. The van der Waals surface area contributed by atoms with E-state index in [1.807, 2.05) is 6.08 Å². The van der Waals surface area contributed by atoms with E-state index in [1.165, 1.54) is 25.7 Å². The molecule has 1 aliphatic rings. The summed E-state index contributed by atoms with van der Waals surface area (Å²) in [7, 11) is 0. The lowest BCUT2D eigenvalue weighted by Crippen LogP contribution is -2.07. The van der Waals surface area contributed by atoms with Gasteiger partial charge in [-0.15, -0.1) is 0 Å². The van der Waals surface area contributed by atoms with Crippen LogP contribution in [0.15, 0.2) is 23.9 Å². The number of allylic oxidation sites excluding steroid dienone is 4. The minimum absolute atomic E-state index is 0.710. The van der Waals surface area contributed by atoms with Crippen LogP contribution in [-0.4, -0.2) is 0 Å². The monoisotopic (exact) mass is 165 g/mol. The van der Waals surface area contributed by atoms with Crippen molar-refractivity contribution >= 4 is 0 Å². The van der Waals surface area contributed by atoms with E-state index in [4.69, 9.17) is 5.73 Å². The van der Waals surface area contributed by atoms with E-state index in [2.05, 4.69) is 19.1 Å². The summed E-state index contributed by atoms with van der Waals surface area (Å²) in [6, 6.07) is 0. The van der Waals surface area contributed by atoms with Crippen LogP contribution in [0.1, 0.15) is 39.0 Å². The summed E-state index contributed by atoms with van der Waals surface area (Å²) in [5.74, 6) is 0.710. The fourth-order valence-corrected chi connectivity index (χ4v) is 1.63. The topological polar surface area (TPSA) is 26.0 Å². The van der Waals surface area contributed by atoms with Crippen molar-refractivity contribution in [2.75, 3.05) is 0 Å². The van der Waals surface area contributed by atoms with E-state index in [9.17, 15) is 0 Å². The molecular formula is C11H19N. The molecule has 1 rings (SSSR count). The van der Waals surface area contributed by atoms with Gasteiger partial charge in [-0.2, -0.15) is 0 Å². The molecule has 0 amide bonds. The molecule has 1 unspecified atom stereocenters. The molecule has 0 fully saturated rings. The van der Waals surface area contributed by atoms with Gasteiger partial charge < -0.3 is 5.73 Å². The SMILES string of the molecule is CCCCCC1C=CC=C(N)C1. The van der Waals surface area contributed by atoms with Crippen molar-refractivity contribution in [3.63, 3.8) is 0 Å². The van der Waals surface area contributed by atoms with E-state index < -0.39 is 0 Å². The van der Waals surface area contributed by atoms with E-state index >= 15 is 0 Å². The Hall–Kier alpha value is -0.720. The largest absolute Gasteiger partial charge is 0.402 e. The summed E-state index contributed by atoms with van der Waals surface area (Å²) in [4.78, 5) is 0. The minimum atomic E-state index is 0.710. The molecule has 0 radical (unpaired) electrons. The maximum Gasteiger partial charge on any atom is 0.00862 e. The van der Waals surface area contributed by atoms with Gasteiger partial charge in [0.15, 0.2) is 0 Å². The van der Waals surface area contributed by atoms with Crippen LogP contribution in [-0.2, 0) is 0 Å². The van der Waals surface area contributed by atoms with Gasteiger partial charge in [-0.1, -0.05) is 38.3 Å². The first kappa shape index (κ1) is 9.37. The number of hydrogen-bond acceptors (Lipinski definition) is 1. The average Bonchev–Trinajstić information content (AvgIpc) is 2.05. The molecule has 1 nitrogen and oxygen atoms in total. The average molecular weight is 165 g/mol. The lowest BCUT2D eigenvalue weighted by atomic mass is 9.93. The first-order chi connectivity index (χ1) is 5.83. The number of rotatable bonds is 4. The third kappa shape index (κ3) is 3.12. The molecule has 12 heavy (non-hydrogen) atoms. The second kappa shape index (κ2) is 5.02. The van der Waals surface area contributed by atoms with Gasteiger partial charge in [0.1, 0.15) is 0 Å². The van der Waals surface area contributed by atoms with Gasteiger partial charge in [0, 0.05) is 5.70 Å². The van der Waals surface area contributed by atoms with Crippen molar-refractivity contribution in [2.45, 2.75) is 39.0 Å². The predicted molar refractivity (Wildman–Crippen MR) is 53.7 cm³/mol. The van der Waals surface area contributed by atoms with Gasteiger partial charge in [-0.05, 0) is 24.8 Å². The molecule has 0 aliphatic heterocycles. The number of unbranched alkanes of at least 4 members (excludes halogenated alkanes) is 2. The Kier molecular flexibility index (Phi) is 3.92. The molecule has 0 heterocycles. The predicted octanol–water partition coefficient (Wildman–Crippen LogP) is 2.99. The molecular weight excluding hydrogens is 146 g/mol. The van der Waals surface area contributed by atoms with Crippen LogP contribution in [0.4, 0.5) is 0 Å². The van der Waals surface area contributed by atoms with Crippen LogP contribution in [0.25, 0.3) is 0 Å². The normalized spacial score (nSPS) is 22.4. The van der Waals surface area contributed by atoms with Crippen LogP contribution < -0.4 is 5.73 Å². The molecule has 68 valence electrons. The van der Waals surface area contributed by atoms with Crippen molar-refractivity contribution in [1.29, 1.82) is 0 Å². The molecule has 0 aromatic heterocycles. The quantitative estimate of drug-likeness (QED) is 0.637. The fourth-order valence-electron chi connectivity index (χ4n) is 1.63. The summed E-state index contributed by atoms with van der Waals surface area (Å²) in [6.07, 6.45) is 12.8. The molecule has 0 saturated carbocycles. The van der Waals surface area contributed by atoms with Gasteiger partial charge in [-0.3, -0.25) is 0 Å². The summed E-state index contributed by atoms with van der Waals surface area (Å²) in [5.41, 5.74) is 6.78. The maximum atomic E-state index is 5.74. The molecule has 0 spiro atoms. The maximum absolute atomic E-state index is 5.74. The molecule has 1 heteroatoms. The Balaban J connectivity index is 2.18. The van der Waals surface area contributed by atoms with Crippen molar-refractivity contribution in [3.05, 3.63) is 23.9 Å². The second-order valence-electron chi connectivity index (χ2n) is 3.59. The van der Waals surface area contributed by atoms with E-state index in [-0.39, 0.29) is 0 Å². The van der Waals surface area contributed by atoms with Crippen LogP contribution in [0.5, 0.6) is 0 Å². The molecule has 0 aromatic carbocycles. The first-order valence-electron chi connectivity index (χ1n) is 4.95. The van der Waals surface area contributed by atoms with Gasteiger partial charge in [-0.25, -0.2) is 0 Å². The Morgan fingerprint density at radius 1 is 1.50 bits per heavy atom. The van der Waals surface area contributed by atoms with Gasteiger partial charge in [0.05, 0.1) is 0 Å². The zero-order chi connectivity index (χ0) is 8.81. The highest BCUT2D eigenvalue weighted by molar-refractivity contribution is 5.17. The number of nitrogens with two attached hydrogens (primary N) is 1. The minimum Gasteiger partial charge on any atom is -0.402 e. The Labute approximate surface area is 75.3 Å². The van der Waals surface area contributed by atoms with Gasteiger partial charge in [0.25, 0.3) is 0 Å². The Morgan fingerprint density at radius 3 is 3.00 bits per heavy atom. The molecule has 0 aromatic rings. The van der Waals surface area contributed by atoms with Gasteiger partial charge >= 0.3 is 0 Å². The highest BCUT2D eigenvalue weighted by Gasteiger charge is 2.07. The lowest BCUT2D eigenvalue weighted by Gasteiger charge is -2.15. The summed E-state index contributed by atoms with van der Waals surface area (Å²) < 4.78 is 0. The fraction of sp³-hybridized carbons (Fsp3) is 0.636. The van der Waals surface area contributed by atoms with Crippen molar-refractivity contribution in [1.82, 2.24) is 0 Å². The molecule has 1 aliphatic carbocycles. The first-order valence-corrected chi connectivity index (χ1v) is 4.95. The van der Waals surface area contributed by atoms with Crippen LogP contribution in [0, 0.1) is 5.92 Å². The zero-order valence-electron chi connectivity index (χ0n) is 7.92. The zero-order valence-corrected chi connectivity index (χ0v) is 7.92. The van der Waals surface area contributed by atoms with Crippen LogP contribution >= 0.6 is 0 Å². The van der Waals surface area contributed by atoms with E-state index in [0.717, 1.165) is 12.1 Å². The van der Waals surface area contributed by atoms with Crippen LogP contribution in [0.3, 0.4) is 0 Å². The van der Waals surface area contributed by atoms with Crippen molar-refractivity contribution in [2.24, 2.45) is 11.7 Å². The Morgan fingerprint density at radius 2 is 2.33 bits per heavy atom. The van der Waals surface area contributed by atoms with Crippen molar-refractivity contribution in [3.8, 4) is 0 Å². The third-order valence-corrected chi connectivity index (χ3v) is 2.37. The second-order valence-corrected chi connectivity index (χ2v) is 3.59. The van der Waals surface area contributed by atoms with Crippen molar-refractivity contribution < 1.29 is 0 Å². The smallest absolute Gasteiger partial charge is 0.00862 e. The summed E-state index contributed by atoms with van der Waals surface area (Å²) in [6.45, 7) is 2.24. The standard InChI is InChI=1S/C11H19N/c1-2-3-4-6-10-7-5-8-11(12)9-10/h5,7-8,10H,2-4,6,9,12H2,1H3. The molecule has 0 saturated heterocycles. The highest BCUT2D eigenvalue weighted by atomic mass is 14.6. The third-order valence-electron chi connectivity index (χ3n) is 2.37. The van der Waals surface area contributed by atoms with Crippen LogP contribution in [0.2, 0.25) is 0 Å². The highest BCUT2D eigenvalue weighted by Crippen LogP contribution is 2.20. The van der Waals surface area contributed by atoms with E-state index in [1.54, 1.807) is 0 Å². The molecule has 2 N–H and O–H groups in total. The summed E-state index contributed by atoms with van der Waals surface area (Å²) in [5, 5.41) is 0. The lowest BCUT2D eigenvalue weighted by molar-refractivity contribution is 0.530. The van der Waals surface area contributed by atoms with E-state index in [0.29, 0.717) is 5.92 Å². The Bertz CT molecular complexity index is 179. The molecule has 1 atom stereocenters. The van der Waals surface area contributed by atoms with Gasteiger partial charge in [0.2, 0.25) is 0 Å². The number of hydrogen-bond donors (Lipinski definition) is 1.